The summed E-state index contributed by atoms with van der Waals surface area (Å²) in [4.78, 5) is 11.8. The molecule has 2 N–H and O–H groups in total. The van der Waals surface area contributed by atoms with Gasteiger partial charge in [0.05, 0.1) is 7.11 Å². The zero-order valence-electron chi connectivity index (χ0n) is 9.84. The van der Waals surface area contributed by atoms with Gasteiger partial charge in [-0.1, -0.05) is 11.6 Å². The van der Waals surface area contributed by atoms with Crippen molar-refractivity contribution in [2.45, 2.75) is 13.0 Å². The maximum atomic E-state index is 11.8. The Morgan fingerprint density at radius 3 is 2.82 bits per heavy atom. The number of halogens is 1. The molecule has 1 aromatic carbocycles. The zero-order valence-corrected chi connectivity index (χ0v) is 10.6. The van der Waals surface area contributed by atoms with Gasteiger partial charge in [-0.15, -0.1) is 0 Å². The standard InChI is InChI=1S/C12H15ClN2O2/c1-7-5-8(13)6-9(11(7)17-2)10-12(16)15-4-3-14-10/h5-6,10,14H,3-4H2,1-2H3,(H,15,16). The SMILES string of the molecule is COc1c(C)cc(Cl)cc1C1NCCNC1=O. The third-order valence-corrected chi connectivity index (χ3v) is 3.04. The number of benzene rings is 1. The van der Waals surface area contributed by atoms with Crippen molar-refractivity contribution < 1.29 is 9.53 Å². The van der Waals surface area contributed by atoms with E-state index in [0.29, 0.717) is 17.3 Å². The Hall–Kier alpha value is -1.26. The summed E-state index contributed by atoms with van der Waals surface area (Å²) in [6, 6.07) is 3.21. The Balaban J connectivity index is 2.45. The van der Waals surface area contributed by atoms with E-state index in [4.69, 9.17) is 16.3 Å². The van der Waals surface area contributed by atoms with E-state index in [1.807, 2.05) is 13.0 Å². The van der Waals surface area contributed by atoms with E-state index in [2.05, 4.69) is 10.6 Å². The van der Waals surface area contributed by atoms with Crippen molar-refractivity contribution >= 4 is 17.5 Å². The highest BCUT2D eigenvalue weighted by atomic mass is 35.5. The van der Waals surface area contributed by atoms with Crippen molar-refractivity contribution in [1.29, 1.82) is 0 Å². The quantitative estimate of drug-likeness (QED) is 0.839. The van der Waals surface area contributed by atoms with Crippen LogP contribution >= 0.6 is 11.6 Å². The van der Waals surface area contributed by atoms with Gasteiger partial charge < -0.3 is 15.4 Å². The highest BCUT2D eigenvalue weighted by Gasteiger charge is 2.27. The Labute approximate surface area is 105 Å². The second kappa shape index (κ2) is 4.94. The third kappa shape index (κ3) is 2.37. The van der Waals surface area contributed by atoms with Gasteiger partial charge in [-0.25, -0.2) is 0 Å². The van der Waals surface area contributed by atoms with Crippen LogP contribution in [-0.4, -0.2) is 26.1 Å². The van der Waals surface area contributed by atoms with Gasteiger partial charge in [0.25, 0.3) is 0 Å². The molecule has 0 radical (unpaired) electrons. The number of methoxy groups -OCH3 is 1. The largest absolute Gasteiger partial charge is 0.496 e. The van der Waals surface area contributed by atoms with Crippen LogP contribution in [0.5, 0.6) is 5.75 Å². The van der Waals surface area contributed by atoms with Crippen LogP contribution in [0.25, 0.3) is 0 Å². The van der Waals surface area contributed by atoms with Crippen LogP contribution in [0.15, 0.2) is 12.1 Å². The number of amides is 1. The second-order valence-electron chi connectivity index (χ2n) is 4.02. The summed E-state index contributed by atoms with van der Waals surface area (Å²) in [7, 11) is 1.60. The lowest BCUT2D eigenvalue weighted by Gasteiger charge is -2.26. The first-order valence-corrected chi connectivity index (χ1v) is 5.86. The molecule has 1 saturated heterocycles. The van der Waals surface area contributed by atoms with Gasteiger partial charge in [0, 0.05) is 23.7 Å². The molecule has 1 heterocycles. The predicted octanol–water partition coefficient (Wildman–Crippen LogP) is 1.42. The first-order chi connectivity index (χ1) is 8.13. The molecule has 4 nitrogen and oxygen atoms in total. The Bertz CT molecular complexity index is 448. The minimum atomic E-state index is -0.393. The summed E-state index contributed by atoms with van der Waals surface area (Å²) in [5.41, 5.74) is 1.71. The molecule has 1 aliphatic heterocycles. The Morgan fingerprint density at radius 2 is 2.18 bits per heavy atom. The average Bonchev–Trinajstić information content (AvgIpc) is 2.28. The molecule has 0 aromatic heterocycles. The lowest BCUT2D eigenvalue weighted by molar-refractivity contribution is -0.124. The molecule has 1 aliphatic rings. The second-order valence-corrected chi connectivity index (χ2v) is 4.46. The molecule has 0 saturated carbocycles. The van der Waals surface area contributed by atoms with Crippen LogP contribution < -0.4 is 15.4 Å². The van der Waals surface area contributed by atoms with Crippen LogP contribution in [0.2, 0.25) is 5.02 Å². The van der Waals surface area contributed by atoms with Crippen LogP contribution in [0.1, 0.15) is 17.2 Å². The van der Waals surface area contributed by atoms with Crippen LogP contribution in [0, 0.1) is 6.92 Å². The summed E-state index contributed by atoms with van der Waals surface area (Å²) >= 11 is 6.03. The number of nitrogens with one attached hydrogen (secondary N) is 2. The van der Waals surface area contributed by atoms with Crippen LogP contribution in [0.4, 0.5) is 0 Å². The molecule has 1 aromatic rings. The monoisotopic (exact) mass is 254 g/mol. The molecule has 1 amide bonds. The Morgan fingerprint density at radius 1 is 1.41 bits per heavy atom. The highest BCUT2D eigenvalue weighted by molar-refractivity contribution is 6.30. The van der Waals surface area contributed by atoms with Crippen molar-refractivity contribution in [3.8, 4) is 5.75 Å². The summed E-state index contributed by atoms with van der Waals surface area (Å²) in [6.07, 6.45) is 0. The molecule has 5 heteroatoms. The number of ether oxygens (including phenoxy) is 1. The van der Waals surface area contributed by atoms with Gasteiger partial charge in [-0.3, -0.25) is 4.79 Å². The minimum absolute atomic E-state index is 0.0452. The number of piperazine rings is 1. The fourth-order valence-electron chi connectivity index (χ4n) is 2.10. The molecule has 1 fully saturated rings. The van der Waals surface area contributed by atoms with E-state index >= 15 is 0 Å². The van der Waals surface area contributed by atoms with Crippen molar-refractivity contribution in [3.63, 3.8) is 0 Å². The van der Waals surface area contributed by atoms with E-state index < -0.39 is 6.04 Å². The van der Waals surface area contributed by atoms with Crippen LogP contribution in [-0.2, 0) is 4.79 Å². The van der Waals surface area contributed by atoms with E-state index in [9.17, 15) is 4.79 Å². The van der Waals surface area contributed by atoms with Gasteiger partial charge in [0.2, 0.25) is 5.91 Å². The summed E-state index contributed by atoms with van der Waals surface area (Å²) in [5.74, 6) is 0.667. The third-order valence-electron chi connectivity index (χ3n) is 2.82. The van der Waals surface area contributed by atoms with Gasteiger partial charge >= 0.3 is 0 Å². The minimum Gasteiger partial charge on any atom is -0.496 e. The molecule has 0 bridgehead atoms. The number of rotatable bonds is 2. The summed E-state index contributed by atoms with van der Waals surface area (Å²) in [6.45, 7) is 3.30. The molecular weight excluding hydrogens is 240 g/mol. The molecule has 92 valence electrons. The normalized spacial score (nSPS) is 19.9. The molecule has 2 rings (SSSR count). The van der Waals surface area contributed by atoms with Gasteiger partial charge in [0.15, 0.2) is 0 Å². The molecule has 0 aliphatic carbocycles. The van der Waals surface area contributed by atoms with Gasteiger partial charge in [-0.05, 0) is 24.6 Å². The zero-order chi connectivity index (χ0) is 12.4. The molecule has 17 heavy (non-hydrogen) atoms. The van der Waals surface area contributed by atoms with Crippen molar-refractivity contribution in [3.05, 3.63) is 28.3 Å². The number of aryl methyl sites for hydroxylation is 1. The number of carbonyl (C=O) groups is 1. The van der Waals surface area contributed by atoms with Gasteiger partial charge in [-0.2, -0.15) is 0 Å². The Kier molecular flexibility index (Phi) is 3.54. The number of hydrogen-bond donors (Lipinski definition) is 2. The van der Waals surface area contributed by atoms with Crippen molar-refractivity contribution in [2.24, 2.45) is 0 Å². The maximum Gasteiger partial charge on any atom is 0.241 e. The summed E-state index contributed by atoms with van der Waals surface area (Å²) < 4.78 is 5.35. The van der Waals surface area contributed by atoms with E-state index in [-0.39, 0.29) is 5.91 Å². The average molecular weight is 255 g/mol. The predicted molar refractivity (Wildman–Crippen MR) is 66.5 cm³/mol. The van der Waals surface area contributed by atoms with E-state index in [1.54, 1.807) is 13.2 Å². The smallest absolute Gasteiger partial charge is 0.241 e. The molecule has 1 unspecified atom stereocenters. The van der Waals surface area contributed by atoms with Crippen molar-refractivity contribution in [1.82, 2.24) is 10.6 Å². The van der Waals surface area contributed by atoms with Gasteiger partial charge in [0.1, 0.15) is 11.8 Å². The van der Waals surface area contributed by atoms with Crippen LogP contribution in [0.3, 0.4) is 0 Å². The maximum absolute atomic E-state index is 11.8. The van der Waals surface area contributed by atoms with E-state index in [1.165, 1.54) is 0 Å². The summed E-state index contributed by atoms with van der Waals surface area (Å²) in [5, 5.41) is 6.59. The molecule has 0 spiro atoms. The highest BCUT2D eigenvalue weighted by Crippen LogP contribution is 2.32. The first kappa shape index (κ1) is 12.2. The first-order valence-electron chi connectivity index (χ1n) is 5.48. The fourth-order valence-corrected chi connectivity index (χ4v) is 2.38. The number of carbonyl (C=O) groups excluding carboxylic acids is 1. The number of hydrogen-bond acceptors (Lipinski definition) is 3. The fraction of sp³-hybridized carbons (Fsp3) is 0.417. The lowest BCUT2D eigenvalue weighted by Crippen LogP contribution is -2.47. The topological polar surface area (TPSA) is 50.4 Å². The van der Waals surface area contributed by atoms with Crippen molar-refractivity contribution in [2.75, 3.05) is 20.2 Å². The molecule has 1 atom stereocenters. The molecular formula is C12H15ClN2O2. The van der Waals surface area contributed by atoms with E-state index in [0.717, 1.165) is 17.7 Å². The lowest BCUT2D eigenvalue weighted by atomic mass is 10.0.